The number of Topliss-reactive ketones (excluding diaryl/α,β-unsaturated/α-hetero) is 1. The summed E-state index contributed by atoms with van der Waals surface area (Å²) in [5.41, 5.74) is -0.133. The summed E-state index contributed by atoms with van der Waals surface area (Å²) in [5.74, 6) is 0.288. The van der Waals surface area contributed by atoms with Crippen molar-refractivity contribution in [3.8, 4) is 0 Å². The molecule has 0 N–H and O–H groups in total. The Morgan fingerprint density at radius 1 is 1.56 bits per heavy atom. The second kappa shape index (κ2) is 4.98. The lowest BCUT2D eigenvalue weighted by Gasteiger charge is -2.40. The van der Waals surface area contributed by atoms with Crippen molar-refractivity contribution in [2.75, 3.05) is 7.11 Å². The van der Waals surface area contributed by atoms with Crippen LogP contribution in [0.5, 0.6) is 0 Å². The van der Waals surface area contributed by atoms with Gasteiger partial charge in [0, 0.05) is 24.8 Å². The summed E-state index contributed by atoms with van der Waals surface area (Å²) in [6.45, 7) is 0. The van der Waals surface area contributed by atoms with Crippen LogP contribution in [0.1, 0.15) is 30.6 Å². The van der Waals surface area contributed by atoms with Crippen LogP contribution < -0.4 is 0 Å². The van der Waals surface area contributed by atoms with Crippen molar-refractivity contribution < 1.29 is 9.53 Å². The van der Waals surface area contributed by atoms with Gasteiger partial charge in [-0.05, 0) is 47.3 Å². The van der Waals surface area contributed by atoms with Crippen molar-refractivity contribution >= 4 is 33.0 Å². The van der Waals surface area contributed by atoms with E-state index in [0.717, 1.165) is 21.5 Å². The Morgan fingerprint density at radius 2 is 2.31 bits per heavy atom. The van der Waals surface area contributed by atoms with Crippen LogP contribution in [0.3, 0.4) is 0 Å². The van der Waals surface area contributed by atoms with Crippen molar-refractivity contribution in [2.24, 2.45) is 0 Å². The van der Waals surface area contributed by atoms with E-state index in [1.165, 1.54) is 6.42 Å². The highest BCUT2D eigenvalue weighted by molar-refractivity contribution is 9.11. The third-order valence-corrected chi connectivity index (χ3v) is 4.84. The molecule has 4 heteroatoms. The normalized spacial score (nSPS) is 18.1. The summed E-state index contributed by atoms with van der Waals surface area (Å²) in [6.07, 6.45) is 4.36. The van der Waals surface area contributed by atoms with Gasteiger partial charge in [-0.1, -0.05) is 0 Å². The maximum Gasteiger partial charge on any atom is 0.140 e. The van der Waals surface area contributed by atoms with Crippen LogP contribution in [0.2, 0.25) is 0 Å². The summed E-state index contributed by atoms with van der Waals surface area (Å²) >= 11 is 5.03. The molecule has 16 heavy (non-hydrogen) atoms. The number of hydrogen-bond acceptors (Lipinski definition) is 3. The fourth-order valence-corrected chi connectivity index (χ4v) is 3.60. The topological polar surface area (TPSA) is 26.3 Å². The van der Waals surface area contributed by atoms with E-state index in [2.05, 4.69) is 15.9 Å². The van der Waals surface area contributed by atoms with Crippen molar-refractivity contribution in [1.82, 2.24) is 0 Å². The first-order valence-corrected chi connectivity index (χ1v) is 7.06. The highest BCUT2D eigenvalue weighted by atomic mass is 79.9. The maximum absolute atomic E-state index is 11.9. The molecule has 0 radical (unpaired) electrons. The van der Waals surface area contributed by atoms with E-state index in [1.54, 1.807) is 18.4 Å². The number of carbonyl (C=O) groups excluding carboxylic acids is 1. The van der Waals surface area contributed by atoms with Gasteiger partial charge in [0.05, 0.1) is 9.39 Å². The lowest BCUT2D eigenvalue weighted by Crippen LogP contribution is -2.41. The summed E-state index contributed by atoms with van der Waals surface area (Å²) in [7, 11) is 1.72. The van der Waals surface area contributed by atoms with Crippen LogP contribution in [-0.4, -0.2) is 18.5 Å². The van der Waals surface area contributed by atoms with Gasteiger partial charge in [0.1, 0.15) is 5.78 Å². The SMILES string of the molecule is COC1(CC(=O)Cc2ccc(Br)s2)CCC1. The second-order valence-electron chi connectivity index (χ2n) is 4.34. The van der Waals surface area contributed by atoms with Gasteiger partial charge in [0.25, 0.3) is 0 Å². The van der Waals surface area contributed by atoms with E-state index >= 15 is 0 Å². The lowest BCUT2D eigenvalue weighted by molar-refractivity contribution is -0.131. The van der Waals surface area contributed by atoms with Crippen LogP contribution in [0.15, 0.2) is 15.9 Å². The van der Waals surface area contributed by atoms with Gasteiger partial charge in [-0.25, -0.2) is 0 Å². The van der Waals surface area contributed by atoms with E-state index in [9.17, 15) is 4.79 Å². The molecule has 1 heterocycles. The molecule has 1 fully saturated rings. The van der Waals surface area contributed by atoms with Crippen molar-refractivity contribution in [1.29, 1.82) is 0 Å². The van der Waals surface area contributed by atoms with Gasteiger partial charge >= 0.3 is 0 Å². The molecule has 0 unspecified atom stereocenters. The Hall–Kier alpha value is -0.190. The van der Waals surface area contributed by atoms with E-state index in [4.69, 9.17) is 4.74 Å². The zero-order valence-electron chi connectivity index (χ0n) is 9.29. The fraction of sp³-hybridized carbons (Fsp3) is 0.583. The number of rotatable bonds is 5. The molecule has 2 nitrogen and oxygen atoms in total. The minimum atomic E-state index is -0.133. The molecule has 0 aliphatic heterocycles. The van der Waals surface area contributed by atoms with Gasteiger partial charge < -0.3 is 4.74 Å². The van der Waals surface area contributed by atoms with Crippen molar-refractivity contribution in [3.05, 3.63) is 20.8 Å². The molecule has 88 valence electrons. The molecule has 0 spiro atoms. The maximum atomic E-state index is 11.9. The monoisotopic (exact) mass is 302 g/mol. The molecule has 1 aromatic rings. The molecule has 1 aromatic heterocycles. The Labute approximate surface area is 108 Å². The largest absolute Gasteiger partial charge is 0.378 e. The molecular weight excluding hydrogens is 288 g/mol. The molecule has 1 saturated carbocycles. The summed E-state index contributed by atoms with van der Waals surface area (Å²) in [6, 6.07) is 4.00. The highest BCUT2D eigenvalue weighted by Gasteiger charge is 2.38. The average Bonchev–Trinajstić information content (AvgIpc) is 2.57. The van der Waals surface area contributed by atoms with Crippen LogP contribution in [0.25, 0.3) is 0 Å². The summed E-state index contributed by atoms with van der Waals surface area (Å²) in [5, 5.41) is 0. The van der Waals surface area contributed by atoms with Crippen LogP contribution >= 0.6 is 27.3 Å². The third-order valence-electron chi connectivity index (χ3n) is 3.22. The Bertz CT molecular complexity index is 377. The van der Waals surface area contributed by atoms with Crippen molar-refractivity contribution in [3.63, 3.8) is 0 Å². The second-order valence-corrected chi connectivity index (χ2v) is 6.89. The van der Waals surface area contributed by atoms with Gasteiger partial charge in [-0.2, -0.15) is 0 Å². The molecule has 1 aliphatic carbocycles. The number of thiophene rings is 1. The Balaban J connectivity index is 1.89. The number of halogens is 1. The van der Waals surface area contributed by atoms with Gasteiger partial charge in [0.2, 0.25) is 0 Å². The predicted molar refractivity (Wildman–Crippen MR) is 68.9 cm³/mol. The lowest BCUT2D eigenvalue weighted by atomic mass is 9.76. The van der Waals surface area contributed by atoms with Crippen LogP contribution in [0.4, 0.5) is 0 Å². The Kier molecular flexibility index (Phi) is 3.82. The van der Waals surface area contributed by atoms with Gasteiger partial charge in [-0.3, -0.25) is 4.79 Å². The summed E-state index contributed by atoms with van der Waals surface area (Å²) < 4.78 is 6.54. The number of carbonyl (C=O) groups is 1. The zero-order valence-corrected chi connectivity index (χ0v) is 11.7. The number of methoxy groups -OCH3 is 1. The molecule has 0 saturated heterocycles. The first kappa shape index (κ1) is 12.3. The molecule has 0 bridgehead atoms. The van der Waals surface area contributed by atoms with E-state index in [0.29, 0.717) is 12.8 Å². The van der Waals surface area contributed by atoms with E-state index < -0.39 is 0 Å². The van der Waals surface area contributed by atoms with Crippen LogP contribution in [-0.2, 0) is 16.0 Å². The fourth-order valence-electron chi connectivity index (χ4n) is 2.09. The predicted octanol–water partition coefficient (Wildman–Crippen LogP) is 3.58. The number of hydrogen-bond donors (Lipinski definition) is 0. The molecule has 2 rings (SSSR count). The van der Waals surface area contributed by atoms with E-state index in [1.807, 2.05) is 12.1 Å². The number of ketones is 1. The Morgan fingerprint density at radius 3 is 2.75 bits per heavy atom. The summed E-state index contributed by atoms with van der Waals surface area (Å²) in [4.78, 5) is 13.0. The van der Waals surface area contributed by atoms with Crippen LogP contribution in [0, 0.1) is 0 Å². The molecule has 1 aliphatic rings. The smallest absolute Gasteiger partial charge is 0.140 e. The van der Waals surface area contributed by atoms with Gasteiger partial charge in [-0.15, -0.1) is 11.3 Å². The van der Waals surface area contributed by atoms with Crippen molar-refractivity contribution in [2.45, 2.75) is 37.7 Å². The van der Waals surface area contributed by atoms with Gasteiger partial charge in [0.15, 0.2) is 0 Å². The minimum Gasteiger partial charge on any atom is -0.378 e. The highest BCUT2D eigenvalue weighted by Crippen LogP contribution is 2.38. The standard InChI is InChI=1S/C12H15BrO2S/c1-15-12(5-2-6-12)8-9(14)7-10-3-4-11(13)16-10/h3-4H,2,5-8H2,1H3. The molecule has 0 atom stereocenters. The first-order valence-electron chi connectivity index (χ1n) is 5.45. The minimum absolute atomic E-state index is 0.133. The molecule has 0 amide bonds. The van der Waals surface area contributed by atoms with E-state index in [-0.39, 0.29) is 11.4 Å². The zero-order chi connectivity index (χ0) is 11.6. The number of ether oxygens (including phenoxy) is 1. The first-order chi connectivity index (χ1) is 7.63. The molecular formula is C12H15BrO2S. The average molecular weight is 303 g/mol. The third kappa shape index (κ3) is 2.73. The molecule has 0 aromatic carbocycles. The quantitative estimate of drug-likeness (QED) is 0.831.